The number of aliphatic hydroxyl groups is 2. The van der Waals surface area contributed by atoms with E-state index in [1.165, 1.54) is 35.0 Å². The first kappa shape index (κ1) is 19.5. The molecule has 12 heteroatoms. The number of hydrogen-bond acceptors (Lipinski definition) is 9. The normalized spacial score (nSPS) is 24.2. The Hall–Kier alpha value is -2.80. The summed E-state index contributed by atoms with van der Waals surface area (Å²) < 4.78 is 7.22. The Labute approximate surface area is 167 Å². The van der Waals surface area contributed by atoms with Crippen LogP contribution < -0.4 is 5.56 Å². The first-order chi connectivity index (χ1) is 14.0. The number of thioether (sulfide) groups is 1. The van der Waals surface area contributed by atoms with Gasteiger partial charge < -0.3 is 19.9 Å². The molecule has 1 fully saturated rings. The highest BCUT2D eigenvalue weighted by Crippen LogP contribution is 2.33. The summed E-state index contributed by atoms with van der Waals surface area (Å²) in [4.78, 5) is 32.9. The molecular weight excluding hydrogens is 402 g/mol. The molecular formula is C17H17N5O6S. The lowest BCUT2D eigenvalue weighted by Crippen LogP contribution is -2.32. The third-order valence-corrected chi connectivity index (χ3v) is 5.78. The summed E-state index contributed by atoms with van der Waals surface area (Å²) >= 11 is 1.35. The monoisotopic (exact) mass is 419 g/mol. The molecule has 3 heterocycles. The number of fused-ring (bicyclic) bond motifs is 1. The van der Waals surface area contributed by atoms with E-state index in [1.807, 2.05) is 0 Å². The maximum atomic E-state index is 11.8. The third kappa shape index (κ3) is 3.62. The second-order valence-corrected chi connectivity index (χ2v) is 7.53. The molecule has 3 N–H and O–H groups in total. The van der Waals surface area contributed by atoms with E-state index in [1.54, 1.807) is 18.2 Å². The molecule has 0 saturated carbocycles. The molecule has 0 amide bonds. The summed E-state index contributed by atoms with van der Waals surface area (Å²) in [6.45, 7) is 0. The molecule has 4 rings (SSSR count). The molecule has 3 aromatic rings. The predicted octanol–water partition coefficient (Wildman–Crippen LogP) is 0.580. The highest BCUT2D eigenvalue weighted by molar-refractivity contribution is 7.98. The Kier molecular flexibility index (Phi) is 5.32. The number of aliphatic hydroxyl groups excluding tert-OH is 2. The molecule has 2 aromatic heterocycles. The number of nitrogens with one attached hydrogen (secondary N) is 1. The van der Waals surface area contributed by atoms with E-state index in [9.17, 15) is 25.1 Å². The van der Waals surface area contributed by atoms with E-state index >= 15 is 0 Å². The lowest BCUT2D eigenvalue weighted by Gasteiger charge is -2.16. The Morgan fingerprint density at radius 3 is 2.86 bits per heavy atom. The fraction of sp³-hybridized carbons (Fsp3) is 0.353. The van der Waals surface area contributed by atoms with Gasteiger partial charge in [0.1, 0.15) is 12.2 Å². The van der Waals surface area contributed by atoms with Crippen LogP contribution in [0, 0.1) is 10.1 Å². The van der Waals surface area contributed by atoms with Gasteiger partial charge in [0.2, 0.25) is 0 Å². The zero-order chi connectivity index (χ0) is 20.5. The van der Waals surface area contributed by atoms with Crippen molar-refractivity contribution < 1.29 is 19.9 Å². The van der Waals surface area contributed by atoms with E-state index in [2.05, 4.69) is 15.0 Å². The second kappa shape index (κ2) is 7.91. The van der Waals surface area contributed by atoms with Crippen LogP contribution in [-0.4, -0.2) is 58.7 Å². The first-order valence-electron chi connectivity index (χ1n) is 8.69. The molecule has 0 unspecified atom stereocenters. The Bertz CT molecular complexity index is 1100. The number of nitro benzene ring substituents is 1. The molecule has 11 nitrogen and oxygen atoms in total. The van der Waals surface area contributed by atoms with Crippen molar-refractivity contribution in [3.8, 4) is 0 Å². The SMILES string of the molecule is O=c1[nH]cnc2c1ncn2[C@@H]1O[C@H](CSCc2ccccc2[N+](=O)[O-])[C@@H](O)[C@H]1O. The van der Waals surface area contributed by atoms with Gasteiger partial charge in [-0.2, -0.15) is 11.8 Å². The molecule has 0 radical (unpaired) electrons. The summed E-state index contributed by atoms with van der Waals surface area (Å²) in [5, 5.41) is 31.9. The van der Waals surface area contributed by atoms with E-state index in [0.29, 0.717) is 17.1 Å². The number of para-hydroxylation sites is 1. The van der Waals surface area contributed by atoms with E-state index < -0.39 is 35.0 Å². The smallest absolute Gasteiger partial charge is 0.278 e. The van der Waals surface area contributed by atoms with E-state index in [4.69, 9.17) is 4.74 Å². The fourth-order valence-corrected chi connectivity index (χ4v) is 4.33. The van der Waals surface area contributed by atoms with Gasteiger partial charge in [0.05, 0.1) is 23.7 Å². The fourth-order valence-electron chi connectivity index (χ4n) is 3.24. The summed E-state index contributed by atoms with van der Waals surface area (Å²) in [6.07, 6.45) is -1.53. The second-order valence-electron chi connectivity index (χ2n) is 6.50. The largest absolute Gasteiger partial charge is 0.387 e. The van der Waals surface area contributed by atoms with Crippen molar-refractivity contribution in [2.24, 2.45) is 0 Å². The topological polar surface area (TPSA) is 156 Å². The van der Waals surface area contributed by atoms with Crippen LogP contribution in [0.1, 0.15) is 11.8 Å². The zero-order valence-electron chi connectivity index (χ0n) is 14.9. The number of aromatic nitrogens is 4. The molecule has 1 saturated heterocycles. The number of nitro groups is 1. The van der Waals surface area contributed by atoms with Gasteiger partial charge in [-0.15, -0.1) is 0 Å². The molecule has 1 aliphatic rings. The quantitative estimate of drug-likeness (QED) is 0.384. The van der Waals surface area contributed by atoms with Crippen LogP contribution in [-0.2, 0) is 10.5 Å². The molecule has 152 valence electrons. The van der Waals surface area contributed by atoms with Gasteiger partial charge in [-0.1, -0.05) is 18.2 Å². The molecule has 29 heavy (non-hydrogen) atoms. The third-order valence-electron chi connectivity index (χ3n) is 4.70. The minimum absolute atomic E-state index is 0.0342. The van der Waals surface area contributed by atoms with E-state index in [-0.39, 0.29) is 16.9 Å². The molecule has 0 spiro atoms. The highest BCUT2D eigenvalue weighted by Gasteiger charge is 2.44. The zero-order valence-corrected chi connectivity index (χ0v) is 15.7. The summed E-state index contributed by atoms with van der Waals surface area (Å²) in [6, 6.07) is 6.44. The lowest BCUT2D eigenvalue weighted by molar-refractivity contribution is -0.385. The van der Waals surface area contributed by atoms with Gasteiger partial charge in [0, 0.05) is 23.1 Å². The highest BCUT2D eigenvalue weighted by atomic mass is 32.2. The number of imidazole rings is 1. The lowest BCUT2D eigenvalue weighted by atomic mass is 10.1. The Morgan fingerprint density at radius 2 is 2.07 bits per heavy atom. The van der Waals surface area contributed by atoms with Crippen LogP contribution >= 0.6 is 11.8 Å². The molecule has 0 aliphatic carbocycles. The van der Waals surface area contributed by atoms with Gasteiger partial charge in [-0.3, -0.25) is 19.5 Å². The minimum atomic E-state index is -1.25. The number of rotatable bonds is 6. The van der Waals surface area contributed by atoms with Gasteiger partial charge in [-0.25, -0.2) is 9.97 Å². The van der Waals surface area contributed by atoms with Crippen LogP contribution in [0.3, 0.4) is 0 Å². The number of benzene rings is 1. The maximum absolute atomic E-state index is 11.8. The number of aromatic amines is 1. The van der Waals surface area contributed by atoms with Crippen molar-refractivity contribution in [2.75, 3.05) is 5.75 Å². The van der Waals surface area contributed by atoms with Crippen molar-refractivity contribution in [3.05, 3.63) is 63.0 Å². The van der Waals surface area contributed by atoms with E-state index in [0.717, 1.165) is 0 Å². The van der Waals surface area contributed by atoms with Crippen LogP contribution in [0.25, 0.3) is 11.2 Å². The molecule has 4 atom stereocenters. The van der Waals surface area contributed by atoms with Crippen LogP contribution in [0.15, 0.2) is 41.7 Å². The Balaban J connectivity index is 1.46. The van der Waals surface area contributed by atoms with Crippen molar-refractivity contribution in [1.82, 2.24) is 19.5 Å². The Morgan fingerprint density at radius 1 is 1.28 bits per heavy atom. The van der Waals surface area contributed by atoms with Gasteiger partial charge >= 0.3 is 0 Å². The minimum Gasteiger partial charge on any atom is -0.387 e. The summed E-state index contributed by atoms with van der Waals surface area (Å²) in [7, 11) is 0. The van der Waals surface area contributed by atoms with Crippen molar-refractivity contribution in [2.45, 2.75) is 30.3 Å². The van der Waals surface area contributed by atoms with Crippen LogP contribution in [0.2, 0.25) is 0 Å². The number of H-pyrrole nitrogens is 1. The van der Waals surface area contributed by atoms with Gasteiger partial charge in [-0.05, 0) is 0 Å². The van der Waals surface area contributed by atoms with Crippen molar-refractivity contribution in [3.63, 3.8) is 0 Å². The number of ether oxygens (including phenoxy) is 1. The maximum Gasteiger partial charge on any atom is 0.278 e. The number of nitrogens with zero attached hydrogens (tertiary/aromatic N) is 4. The standard InChI is InChI=1S/C17H17N5O6S/c23-13-11(6-29-5-9-3-1-2-4-10(9)22(26)27)28-17(14(13)24)21-8-20-12-15(21)18-7-19-16(12)25/h1-4,7-8,11,13-14,17,23-24H,5-6H2,(H,18,19,25)/t11-,13-,14-,17-/m1/s1. The van der Waals surface area contributed by atoms with Crippen LogP contribution in [0.5, 0.6) is 0 Å². The number of hydrogen-bond donors (Lipinski definition) is 3. The summed E-state index contributed by atoms with van der Waals surface area (Å²) in [5.74, 6) is 0.664. The summed E-state index contributed by atoms with van der Waals surface area (Å²) in [5.41, 5.74) is 0.520. The molecule has 0 bridgehead atoms. The van der Waals surface area contributed by atoms with Crippen molar-refractivity contribution >= 4 is 28.6 Å². The average Bonchev–Trinajstić information content (AvgIpc) is 3.25. The predicted molar refractivity (Wildman–Crippen MR) is 103 cm³/mol. The van der Waals surface area contributed by atoms with Gasteiger partial charge in [0.15, 0.2) is 17.4 Å². The van der Waals surface area contributed by atoms with Crippen LogP contribution in [0.4, 0.5) is 5.69 Å². The van der Waals surface area contributed by atoms with Crippen molar-refractivity contribution in [1.29, 1.82) is 0 Å². The van der Waals surface area contributed by atoms with Gasteiger partial charge in [0.25, 0.3) is 11.2 Å². The first-order valence-corrected chi connectivity index (χ1v) is 9.84. The molecule has 1 aliphatic heterocycles. The molecule has 1 aromatic carbocycles. The average molecular weight is 419 g/mol.